The minimum Gasteiger partial charge on any atom is -0.346 e. The SMILES string of the molecule is CC[C@H](C)C1Cc2c(ncnc2-c2ccc(CNC(=O)c3ncc(C(C)(C)C)s3)c(C)c2)C=C1C1=CCN(C(=O)N(C)C)CC1. The van der Waals surface area contributed by atoms with Crippen LogP contribution in [0.3, 0.4) is 0 Å². The molecule has 8 nitrogen and oxygen atoms in total. The molecular formula is C36H46N6O2S. The summed E-state index contributed by atoms with van der Waals surface area (Å²) in [5.74, 6) is 0.701. The molecule has 1 unspecified atom stereocenters. The molecule has 0 saturated carbocycles. The van der Waals surface area contributed by atoms with Gasteiger partial charge in [-0.25, -0.2) is 19.7 Å². The first-order chi connectivity index (χ1) is 21.4. The average Bonchev–Trinajstić information content (AvgIpc) is 3.54. The summed E-state index contributed by atoms with van der Waals surface area (Å²) in [6.45, 7) is 14.8. The lowest BCUT2D eigenvalue weighted by atomic mass is 9.73. The molecule has 3 amide bonds. The van der Waals surface area contributed by atoms with Crippen molar-refractivity contribution in [2.24, 2.45) is 11.8 Å². The number of carbonyl (C=O) groups excluding carboxylic acids is 2. The molecule has 0 spiro atoms. The van der Waals surface area contributed by atoms with Crippen LogP contribution in [0.5, 0.6) is 0 Å². The number of benzene rings is 1. The zero-order valence-electron chi connectivity index (χ0n) is 27.9. The van der Waals surface area contributed by atoms with Gasteiger partial charge in [-0.05, 0) is 71.4 Å². The summed E-state index contributed by atoms with van der Waals surface area (Å²) in [5, 5.41) is 3.55. The van der Waals surface area contributed by atoms with Gasteiger partial charge in [-0.15, -0.1) is 11.3 Å². The molecule has 9 heteroatoms. The zero-order chi connectivity index (χ0) is 32.5. The molecule has 2 aliphatic rings. The zero-order valence-corrected chi connectivity index (χ0v) is 28.7. The van der Waals surface area contributed by atoms with Crippen molar-refractivity contribution in [3.63, 3.8) is 0 Å². The molecule has 3 heterocycles. The smallest absolute Gasteiger partial charge is 0.319 e. The fourth-order valence-corrected chi connectivity index (χ4v) is 7.00. The first-order valence-electron chi connectivity index (χ1n) is 15.9. The number of urea groups is 1. The molecule has 1 N–H and O–H groups in total. The van der Waals surface area contributed by atoms with Crippen molar-refractivity contribution in [1.29, 1.82) is 0 Å². The fraction of sp³-hybridized carbons (Fsp3) is 0.472. The first-order valence-corrected chi connectivity index (χ1v) is 16.7. The van der Waals surface area contributed by atoms with Crippen molar-refractivity contribution in [2.75, 3.05) is 27.2 Å². The van der Waals surface area contributed by atoms with Crippen molar-refractivity contribution in [3.05, 3.63) is 80.2 Å². The average molecular weight is 627 g/mol. The van der Waals surface area contributed by atoms with Crippen molar-refractivity contribution < 1.29 is 9.59 Å². The van der Waals surface area contributed by atoms with Gasteiger partial charge in [0, 0.05) is 55.9 Å². The number of aromatic nitrogens is 3. The summed E-state index contributed by atoms with van der Waals surface area (Å²) in [7, 11) is 3.61. The van der Waals surface area contributed by atoms with Crippen molar-refractivity contribution in [1.82, 2.24) is 30.1 Å². The van der Waals surface area contributed by atoms with Crippen LogP contribution in [-0.2, 0) is 18.4 Å². The van der Waals surface area contributed by atoms with E-state index in [4.69, 9.17) is 9.97 Å². The molecule has 1 aliphatic carbocycles. The Morgan fingerprint density at radius 3 is 2.58 bits per heavy atom. The van der Waals surface area contributed by atoms with Gasteiger partial charge in [0.15, 0.2) is 5.01 Å². The second kappa shape index (κ2) is 13.3. The molecule has 2 atom stereocenters. The summed E-state index contributed by atoms with van der Waals surface area (Å²) >= 11 is 1.45. The van der Waals surface area contributed by atoms with Gasteiger partial charge in [0.1, 0.15) is 6.33 Å². The van der Waals surface area contributed by atoms with Gasteiger partial charge in [-0.1, -0.05) is 59.2 Å². The van der Waals surface area contributed by atoms with Crippen LogP contribution < -0.4 is 5.32 Å². The molecule has 0 bridgehead atoms. The molecule has 238 valence electrons. The van der Waals surface area contributed by atoms with E-state index < -0.39 is 0 Å². The van der Waals surface area contributed by atoms with E-state index in [9.17, 15) is 9.59 Å². The topological polar surface area (TPSA) is 91.3 Å². The van der Waals surface area contributed by atoms with E-state index in [-0.39, 0.29) is 17.4 Å². The van der Waals surface area contributed by atoms with Crippen molar-refractivity contribution >= 4 is 29.4 Å². The highest BCUT2D eigenvalue weighted by Gasteiger charge is 2.32. The highest BCUT2D eigenvalue weighted by Crippen LogP contribution is 2.41. The molecule has 45 heavy (non-hydrogen) atoms. The third kappa shape index (κ3) is 7.03. The van der Waals surface area contributed by atoms with Crippen molar-refractivity contribution in [3.8, 4) is 11.3 Å². The molecule has 1 aliphatic heterocycles. The van der Waals surface area contributed by atoms with E-state index >= 15 is 0 Å². The number of carbonyl (C=O) groups is 2. The normalized spacial score (nSPS) is 17.2. The summed E-state index contributed by atoms with van der Waals surface area (Å²) in [5.41, 5.74) is 9.03. The summed E-state index contributed by atoms with van der Waals surface area (Å²) < 4.78 is 0. The Bertz CT molecular complexity index is 1650. The van der Waals surface area contributed by atoms with Gasteiger partial charge in [-0.2, -0.15) is 0 Å². The molecule has 2 aromatic heterocycles. The van der Waals surface area contributed by atoms with Crippen LogP contribution >= 0.6 is 11.3 Å². The van der Waals surface area contributed by atoms with E-state index in [1.54, 1.807) is 31.5 Å². The van der Waals surface area contributed by atoms with E-state index in [1.165, 1.54) is 28.0 Å². The number of nitrogens with one attached hydrogen (secondary N) is 1. The first kappa shape index (κ1) is 32.5. The summed E-state index contributed by atoms with van der Waals surface area (Å²) in [6, 6.07) is 6.42. The lowest BCUT2D eigenvalue weighted by Gasteiger charge is -2.35. The summed E-state index contributed by atoms with van der Waals surface area (Å²) in [6.07, 6.45) is 10.8. The van der Waals surface area contributed by atoms with Gasteiger partial charge in [-0.3, -0.25) is 4.79 Å². The maximum absolute atomic E-state index is 12.8. The predicted octanol–water partition coefficient (Wildman–Crippen LogP) is 7.05. The number of fused-ring (bicyclic) bond motifs is 1. The van der Waals surface area contributed by atoms with Gasteiger partial charge < -0.3 is 15.1 Å². The van der Waals surface area contributed by atoms with Gasteiger partial charge in [0.05, 0.1) is 11.4 Å². The van der Waals surface area contributed by atoms with Crippen LogP contribution in [0.25, 0.3) is 17.3 Å². The number of nitrogens with zero attached hydrogens (tertiary/aromatic N) is 5. The number of rotatable bonds is 7. The molecular weight excluding hydrogens is 581 g/mol. The lowest BCUT2D eigenvalue weighted by Crippen LogP contribution is -2.41. The van der Waals surface area contributed by atoms with E-state index in [0.717, 1.165) is 58.8 Å². The number of thiazole rings is 1. The number of amides is 3. The summed E-state index contributed by atoms with van der Waals surface area (Å²) in [4.78, 5) is 43.9. The van der Waals surface area contributed by atoms with Crippen LogP contribution in [0.2, 0.25) is 0 Å². The monoisotopic (exact) mass is 626 g/mol. The van der Waals surface area contributed by atoms with Gasteiger partial charge in [0.25, 0.3) is 5.91 Å². The molecule has 0 fully saturated rings. The highest BCUT2D eigenvalue weighted by atomic mass is 32.1. The minimum absolute atomic E-state index is 0.0305. The highest BCUT2D eigenvalue weighted by molar-refractivity contribution is 7.13. The standard InChI is InChI=1S/C36H46N6O2S/c1-9-22(2)27-17-29-30(18-28(27)24-12-14-42(15-13-24)35(44)41(7)8)39-21-40-32(29)25-10-11-26(23(3)16-25)19-37-33(43)34-38-20-31(45-34)36(4,5)6/h10-12,16,18,20-22,27H,9,13-15,17,19H2,1-8H3,(H,37,43)/t22-,27?/m0/s1. The molecule has 1 aromatic carbocycles. The van der Waals surface area contributed by atoms with E-state index in [1.807, 2.05) is 4.90 Å². The predicted molar refractivity (Wildman–Crippen MR) is 182 cm³/mol. The molecule has 0 saturated heterocycles. The van der Waals surface area contributed by atoms with Crippen molar-refractivity contribution in [2.45, 2.75) is 72.8 Å². The lowest BCUT2D eigenvalue weighted by molar-refractivity contribution is 0.0950. The largest absolute Gasteiger partial charge is 0.346 e. The maximum atomic E-state index is 12.8. The number of hydrogen-bond donors (Lipinski definition) is 1. The van der Waals surface area contributed by atoms with E-state index in [0.29, 0.717) is 29.9 Å². The Morgan fingerprint density at radius 2 is 1.96 bits per heavy atom. The Kier molecular flexibility index (Phi) is 9.58. The third-order valence-corrected chi connectivity index (χ3v) is 10.6. The Morgan fingerprint density at radius 1 is 1.18 bits per heavy atom. The van der Waals surface area contributed by atoms with Gasteiger partial charge in [0.2, 0.25) is 0 Å². The van der Waals surface area contributed by atoms with Crippen LogP contribution in [0.15, 0.2) is 47.9 Å². The Hall–Kier alpha value is -3.85. The van der Waals surface area contributed by atoms with Crippen LogP contribution in [0.4, 0.5) is 4.79 Å². The number of hydrogen-bond acceptors (Lipinski definition) is 6. The maximum Gasteiger partial charge on any atom is 0.319 e. The van der Waals surface area contributed by atoms with Gasteiger partial charge >= 0.3 is 6.03 Å². The van der Waals surface area contributed by atoms with Crippen LogP contribution in [0, 0.1) is 18.8 Å². The van der Waals surface area contributed by atoms with Crippen LogP contribution in [0.1, 0.15) is 84.5 Å². The Labute approximate surface area is 271 Å². The quantitative estimate of drug-likeness (QED) is 0.304. The number of aryl methyl sites for hydroxylation is 1. The molecule has 0 radical (unpaired) electrons. The second-order valence-corrected chi connectivity index (χ2v) is 14.6. The fourth-order valence-electron chi connectivity index (χ4n) is 6.11. The van der Waals surface area contributed by atoms with Crippen LogP contribution in [-0.4, -0.2) is 63.9 Å². The minimum atomic E-state index is -0.146. The molecule has 5 rings (SSSR count). The van der Waals surface area contributed by atoms with E-state index in [2.05, 4.69) is 82.2 Å². The Balaban J connectivity index is 1.37. The third-order valence-electron chi connectivity index (χ3n) is 9.15. The second-order valence-electron chi connectivity index (χ2n) is 13.6. The molecule has 3 aromatic rings. The number of allylic oxidation sites excluding steroid dienone is 1.